The predicted molar refractivity (Wildman–Crippen MR) is 111 cm³/mol. The van der Waals surface area contributed by atoms with Crippen molar-refractivity contribution in [1.29, 1.82) is 0 Å². The average molecular weight is 334 g/mol. The first-order valence-corrected chi connectivity index (χ1v) is 8.83. The Hall–Kier alpha value is -3.32. The molecule has 0 atom stereocenters. The highest BCUT2D eigenvalue weighted by atomic mass is 16.5. The van der Waals surface area contributed by atoms with Gasteiger partial charge in [0.25, 0.3) is 0 Å². The van der Waals surface area contributed by atoms with Crippen molar-refractivity contribution in [1.82, 2.24) is 0 Å². The van der Waals surface area contributed by atoms with Gasteiger partial charge in [0, 0.05) is 0 Å². The summed E-state index contributed by atoms with van der Waals surface area (Å²) in [4.78, 5) is 0. The van der Waals surface area contributed by atoms with Crippen LogP contribution in [0.25, 0.3) is 43.4 Å². The lowest BCUT2D eigenvalue weighted by Crippen LogP contribution is -1.86. The molecular weight excluding hydrogens is 316 g/mol. The maximum atomic E-state index is 5.39. The minimum atomic E-state index is 0.881. The average Bonchev–Trinajstić information content (AvgIpc) is 2.73. The van der Waals surface area contributed by atoms with Gasteiger partial charge in [-0.25, -0.2) is 0 Å². The fourth-order valence-electron chi connectivity index (χ4n) is 3.89. The SMILES string of the molecule is COc1cccc(-c2ccc3c4ccccc4c4ccccc4c3c2)c1. The Morgan fingerprint density at radius 3 is 1.62 bits per heavy atom. The Morgan fingerprint density at radius 2 is 1.00 bits per heavy atom. The summed E-state index contributed by atoms with van der Waals surface area (Å²) in [6.07, 6.45) is 0. The molecule has 0 amide bonds. The Balaban J connectivity index is 1.88. The van der Waals surface area contributed by atoms with Crippen LogP contribution in [0.2, 0.25) is 0 Å². The van der Waals surface area contributed by atoms with Crippen molar-refractivity contribution in [2.75, 3.05) is 7.11 Å². The van der Waals surface area contributed by atoms with Crippen LogP contribution in [0.3, 0.4) is 0 Å². The first kappa shape index (κ1) is 15.0. The molecule has 1 heteroatoms. The first-order chi connectivity index (χ1) is 12.8. The summed E-state index contributed by atoms with van der Waals surface area (Å²) in [5.41, 5.74) is 2.38. The standard InChI is InChI=1S/C25H18O/c1-26-19-8-6-7-17(15-19)18-13-14-24-22-11-3-2-9-20(22)21-10-4-5-12-23(21)25(24)16-18/h2-16H,1H3. The highest BCUT2D eigenvalue weighted by molar-refractivity contribution is 6.25. The van der Waals surface area contributed by atoms with Crippen molar-refractivity contribution in [3.8, 4) is 16.9 Å². The van der Waals surface area contributed by atoms with Gasteiger partial charge in [-0.15, -0.1) is 0 Å². The van der Waals surface area contributed by atoms with Crippen LogP contribution in [0.1, 0.15) is 0 Å². The van der Waals surface area contributed by atoms with Gasteiger partial charge in [0.1, 0.15) is 5.75 Å². The second-order valence-electron chi connectivity index (χ2n) is 6.58. The third-order valence-electron chi connectivity index (χ3n) is 5.15. The van der Waals surface area contributed by atoms with E-state index in [1.807, 2.05) is 12.1 Å². The van der Waals surface area contributed by atoms with E-state index in [9.17, 15) is 0 Å². The molecule has 0 saturated heterocycles. The summed E-state index contributed by atoms with van der Waals surface area (Å²) in [5, 5.41) is 7.80. The highest BCUT2D eigenvalue weighted by Gasteiger charge is 2.09. The van der Waals surface area contributed by atoms with Crippen molar-refractivity contribution in [3.63, 3.8) is 0 Å². The lowest BCUT2D eigenvalue weighted by molar-refractivity contribution is 0.415. The molecule has 0 aliphatic carbocycles. The second-order valence-corrected chi connectivity index (χ2v) is 6.58. The van der Waals surface area contributed by atoms with Crippen LogP contribution < -0.4 is 4.74 Å². The zero-order valence-electron chi connectivity index (χ0n) is 14.6. The van der Waals surface area contributed by atoms with Gasteiger partial charge in [-0.1, -0.05) is 72.8 Å². The van der Waals surface area contributed by atoms with Crippen molar-refractivity contribution in [2.24, 2.45) is 0 Å². The molecule has 5 rings (SSSR count). The topological polar surface area (TPSA) is 9.23 Å². The molecule has 0 heterocycles. The van der Waals surface area contributed by atoms with Crippen LogP contribution in [0, 0.1) is 0 Å². The van der Waals surface area contributed by atoms with Crippen LogP contribution in [0.15, 0.2) is 91.0 Å². The van der Waals surface area contributed by atoms with Crippen molar-refractivity contribution in [2.45, 2.75) is 0 Å². The molecule has 124 valence electrons. The molecule has 0 fully saturated rings. The molecule has 5 aromatic carbocycles. The number of rotatable bonds is 2. The fraction of sp³-hybridized carbons (Fsp3) is 0.0400. The van der Waals surface area contributed by atoms with Crippen LogP contribution >= 0.6 is 0 Å². The van der Waals surface area contributed by atoms with Gasteiger partial charge >= 0.3 is 0 Å². The zero-order chi connectivity index (χ0) is 17.5. The number of benzene rings is 5. The number of methoxy groups -OCH3 is 1. The summed E-state index contributed by atoms with van der Waals surface area (Å²) in [6.45, 7) is 0. The van der Waals surface area contributed by atoms with E-state index in [2.05, 4.69) is 78.9 Å². The van der Waals surface area contributed by atoms with Crippen LogP contribution in [-0.4, -0.2) is 7.11 Å². The largest absolute Gasteiger partial charge is 0.497 e. The summed E-state index contributed by atoms with van der Waals surface area (Å²) in [6, 6.07) is 32.3. The number of fused-ring (bicyclic) bond motifs is 6. The molecule has 0 spiro atoms. The quantitative estimate of drug-likeness (QED) is 0.322. The minimum Gasteiger partial charge on any atom is -0.497 e. The minimum absolute atomic E-state index is 0.881. The van der Waals surface area contributed by atoms with E-state index in [-0.39, 0.29) is 0 Å². The Morgan fingerprint density at radius 1 is 0.462 bits per heavy atom. The summed E-state index contributed by atoms with van der Waals surface area (Å²) in [5.74, 6) is 0.881. The molecule has 0 unspecified atom stereocenters. The zero-order valence-corrected chi connectivity index (χ0v) is 14.6. The third kappa shape index (κ3) is 2.25. The molecular formula is C25H18O. The molecule has 0 saturated carbocycles. The monoisotopic (exact) mass is 334 g/mol. The fourth-order valence-corrected chi connectivity index (χ4v) is 3.89. The predicted octanol–water partition coefficient (Wildman–Crippen LogP) is 6.82. The molecule has 0 bridgehead atoms. The lowest BCUT2D eigenvalue weighted by Gasteiger charge is -2.12. The lowest BCUT2D eigenvalue weighted by atomic mass is 9.92. The van der Waals surface area contributed by atoms with Gasteiger partial charge in [-0.3, -0.25) is 0 Å². The van der Waals surface area contributed by atoms with Gasteiger partial charge < -0.3 is 4.74 Å². The summed E-state index contributed by atoms with van der Waals surface area (Å²) >= 11 is 0. The Labute approximate surface area is 152 Å². The molecule has 0 aromatic heterocycles. The van der Waals surface area contributed by atoms with Crippen molar-refractivity contribution < 1.29 is 4.74 Å². The number of ether oxygens (including phenoxy) is 1. The summed E-state index contributed by atoms with van der Waals surface area (Å²) in [7, 11) is 1.71. The van der Waals surface area contributed by atoms with Crippen molar-refractivity contribution >= 4 is 32.3 Å². The molecule has 0 aliphatic heterocycles. The van der Waals surface area contributed by atoms with Gasteiger partial charge in [-0.2, -0.15) is 0 Å². The molecule has 0 aliphatic rings. The normalized spacial score (nSPS) is 11.3. The van der Waals surface area contributed by atoms with Gasteiger partial charge in [-0.05, 0) is 61.6 Å². The summed E-state index contributed by atoms with van der Waals surface area (Å²) < 4.78 is 5.39. The van der Waals surface area contributed by atoms with E-state index in [0.29, 0.717) is 0 Å². The Bertz CT molecular complexity index is 1230. The van der Waals surface area contributed by atoms with Crippen LogP contribution in [0.4, 0.5) is 0 Å². The maximum absolute atomic E-state index is 5.39. The van der Waals surface area contributed by atoms with Crippen molar-refractivity contribution in [3.05, 3.63) is 91.0 Å². The van der Waals surface area contributed by atoms with E-state index in [1.165, 1.54) is 43.4 Å². The first-order valence-electron chi connectivity index (χ1n) is 8.83. The van der Waals surface area contributed by atoms with E-state index in [4.69, 9.17) is 4.74 Å². The Kier molecular flexibility index (Phi) is 3.39. The molecule has 1 nitrogen and oxygen atoms in total. The van der Waals surface area contributed by atoms with Crippen LogP contribution in [-0.2, 0) is 0 Å². The molecule has 5 aromatic rings. The smallest absolute Gasteiger partial charge is 0.119 e. The van der Waals surface area contributed by atoms with Gasteiger partial charge in [0.15, 0.2) is 0 Å². The van der Waals surface area contributed by atoms with Gasteiger partial charge in [0.05, 0.1) is 7.11 Å². The number of hydrogen-bond acceptors (Lipinski definition) is 1. The van der Waals surface area contributed by atoms with Gasteiger partial charge in [0.2, 0.25) is 0 Å². The van der Waals surface area contributed by atoms with E-state index < -0.39 is 0 Å². The molecule has 26 heavy (non-hydrogen) atoms. The highest BCUT2D eigenvalue weighted by Crippen LogP contribution is 2.37. The molecule has 0 N–H and O–H groups in total. The molecule has 0 radical (unpaired) electrons. The number of hydrogen-bond donors (Lipinski definition) is 0. The van der Waals surface area contributed by atoms with E-state index in [1.54, 1.807) is 7.11 Å². The van der Waals surface area contributed by atoms with E-state index >= 15 is 0 Å². The van der Waals surface area contributed by atoms with E-state index in [0.717, 1.165) is 5.75 Å². The maximum Gasteiger partial charge on any atom is 0.119 e. The van der Waals surface area contributed by atoms with Crippen LogP contribution in [0.5, 0.6) is 5.75 Å². The third-order valence-corrected chi connectivity index (χ3v) is 5.15. The second kappa shape index (κ2) is 5.89.